The normalized spacial score (nSPS) is 27.2. The van der Waals surface area contributed by atoms with Gasteiger partial charge in [0.2, 0.25) is 5.91 Å². The van der Waals surface area contributed by atoms with Crippen LogP contribution in [0.4, 0.5) is 18.9 Å². The molecule has 0 N–H and O–H groups in total. The number of anilines is 1. The summed E-state index contributed by atoms with van der Waals surface area (Å²) in [6.45, 7) is 0. The summed E-state index contributed by atoms with van der Waals surface area (Å²) in [7, 11) is 0. The number of hydrogen-bond acceptors (Lipinski definition) is 2. The minimum absolute atomic E-state index is 0.0408. The maximum absolute atomic E-state index is 13.2. The van der Waals surface area contributed by atoms with Gasteiger partial charge in [-0.1, -0.05) is 23.9 Å². The molecular weight excluding hydrogens is 251 g/mol. The third-order valence-electron chi connectivity index (χ3n) is 3.12. The van der Waals surface area contributed by atoms with Crippen molar-refractivity contribution in [2.45, 2.75) is 28.8 Å². The summed E-state index contributed by atoms with van der Waals surface area (Å²) in [5.74, 6) is -0.445. The van der Waals surface area contributed by atoms with Gasteiger partial charge in [-0.3, -0.25) is 9.69 Å². The van der Waals surface area contributed by atoms with Crippen LogP contribution >= 0.6 is 11.8 Å². The summed E-state index contributed by atoms with van der Waals surface area (Å²) in [6, 6.07) is 6.53. The standard InChI is InChI=1S/C11H8F3NOS/c12-11(13,14)10-6-5-9(16)15(10)7-3-1-2-4-8(7)17-10/h1-4H,5-6H2. The number of para-hydroxylation sites is 1. The number of amides is 1. The first kappa shape index (κ1) is 11.0. The molecule has 0 spiro atoms. The van der Waals surface area contributed by atoms with Crippen molar-refractivity contribution in [3.63, 3.8) is 0 Å². The fourth-order valence-corrected chi connectivity index (χ4v) is 3.75. The van der Waals surface area contributed by atoms with Gasteiger partial charge in [-0.05, 0) is 18.6 Å². The van der Waals surface area contributed by atoms with Crippen LogP contribution in [0.2, 0.25) is 0 Å². The Balaban J connectivity index is 2.18. The van der Waals surface area contributed by atoms with Gasteiger partial charge in [-0.2, -0.15) is 13.2 Å². The molecule has 2 heterocycles. The highest BCUT2D eigenvalue weighted by Crippen LogP contribution is 2.61. The lowest BCUT2D eigenvalue weighted by molar-refractivity contribution is -0.157. The molecule has 0 saturated carbocycles. The highest BCUT2D eigenvalue weighted by molar-refractivity contribution is 8.01. The van der Waals surface area contributed by atoms with E-state index in [-0.39, 0.29) is 12.8 Å². The summed E-state index contributed by atoms with van der Waals surface area (Å²) in [4.78, 5) is 11.1. The van der Waals surface area contributed by atoms with Crippen LogP contribution in [-0.2, 0) is 4.79 Å². The van der Waals surface area contributed by atoms with Crippen molar-refractivity contribution >= 4 is 23.4 Å². The number of fused-ring (bicyclic) bond motifs is 3. The van der Waals surface area contributed by atoms with Crippen LogP contribution in [0.15, 0.2) is 29.2 Å². The number of halogens is 3. The van der Waals surface area contributed by atoms with Crippen molar-refractivity contribution in [1.82, 2.24) is 0 Å². The first-order chi connectivity index (χ1) is 7.96. The molecule has 1 amide bonds. The topological polar surface area (TPSA) is 20.3 Å². The minimum Gasteiger partial charge on any atom is -0.287 e. The molecule has 0 aromatic heterocycles. The fourth-order valence-electron chi connectivity index (χ4n) is 2.36. The Morgan fingerprint density at radius 2 is 2.00 bits per heavy atom. The van der Waals surface area contributed by atoms with Crippen LogP contribution < -0.4 is 4.90 Å². The lowest BCUT2D eigenvalue weighted by Gasteiger charge is -2.32. The van der Waals surface area contributed by atoms with Crippen molar-refractivity contribution in [1.29, 1.82) is 0 Å². The second-order valence-corrected chi connectivity index (χ2v) is 5.40. The fraction of sp³-hybridized carbons (Fsp3) is 0.364. The molecule has 1 fully saturated rings. The summed E-state index contributed by atoms with van der Waals surface area (Å²) in [6.07, 6.45) is -4.63. The van der Waals surface area contributed by atoms with E-state index in [1.165, 1.54) is 0 Å². The van der Waals surface area contributed by atoms with E-state index in [9.17, 15) is 18.0 Å². The van der Waals surface area contributed by atoms with Crippen molar-refractivity contribution in [2.75, 3.05) is 4.90 Å². The number of hydrogen-bond donors (Lipinski definition) is 0. The molecule has 0 radical (unpaired) electrons. The molecule has 1 unspecified atom stereocenters. The number of alkyl halides is 3. The molecule has 2 aliphatic rings. The monoisotopic (exact) mass is 259 g/mol. The molecule has 2 aliphatic heterocycles. The molecule has 6 heteroatoms. The van der Waals surface area contributed by atoms with E-state index in [4.69, 9.17) is 0 Å². The predicted molar refractivity (Wildman–Crippen MR) is 57.8 cm³/mol. The Kier molecular flexibility index (Phi) is 2.05. The molecule has 17 heavy (non-hydrogen) atoms. The van der Waals surface area contributed by atoms with Gasteiger partial charge in [0.1, 0.15) is 0 Å². The Hall–Kier alpha value is -1.17. The number of carbonyl (C=O) groups is 1. The average molecular weight is 259 g/mol. The van der Waals surface area contributed by atoms with Gasteiger partial charge in [0.25, 0.3) is 0 Å². The van der Waals surface area contributed by atoms with Crippen LogP contribution in [-0.4, -0.2) is 17.0 Å². The van der Waals surface area contributed by atoms with Crippen molar-refractivity contribution in [3.05, 3.63) is 24.3 Å². The van der Waals surface area contributed by atoms with E-state index in [1.54, 1.807) is 24.3 Å². The Bertz CT molecular complexity index is 502. The molecule has 0 bridgehead atoms. The van der Waals surface area contributed by atoms with E-state index in [0.717, 1.165) is 16.7 Å². The summed E-state index contributed by atoms with van der Waals surface area (Å²) >= 11 is 0.745. The highest BCUT2D eigenvalue weighted by Gasteiger charge is 2.67. The molecule has 1 atom stereocenters. The van der Waals surface area contributed by atoms with E-state index in [2.05, 4.69) is 0 Å². The van der Waals surface area contributed by atoms with Gasteiger partial charge >= 0.3 is 6.18 Å². The molecule has 90 valence electrons. The average Bonchev–Trinajstić information content (AvgIpc) is 2.75. The predicted octanol–water partition coefficient (Wildman–Crippen LogP) is 3.18. The third-order valence-corrected chi connectivity index (χ3v) is 4.64. The van der Waals surface area contributed by atoms with Gasteiger partial charge in [0.05, 0.1) is 5.69 Å². The number of thioether (sulfide) groups is 1. The number of carbonyl (C=O) groups excluding carboxylic acids is 1. The Morgan fingerprint density at radius 1 is 1.29 bits per heavy atom. The maximum atomic E-state index is 13.2. The highest BCUT2D eigenvalue weighted by atomic mass is 32.2. The molecule has 2 nitrogen and oxygen atoms in total. The van der Waals surface area contributed by atoms with Crippen LogP contribution in [0.25, 0.3) is 0 Å². The van der Waals surface area contributed by atoms with Gasteiger partial charge in [0, 0.05) is 11.3 Å². The van der Waals surface area contributed by atoms with Gasteiger partial charge < -0.3 is 0 Å². The van der Waals surface area contributed by atoms with Gasteiger partial charge in [-0.15, -0.1) is 0 Å². The lowest BCUT2D eigenvalue weighted by atomic mass is 10.2. The molecule has 1 aromatic carbocycles. The molecule has 1 saturated heterocycles. The summed E-state index contributed by atoms with van der Waals surface area (Å²) in [5.41, 5.74) is 0.386. The third kappa shape index (κ3) is 1.27. The Morgan fingerprint density at radius 3 is 2.71 bits per heavy atom. The quantitative estimate of drug-likeness (QED) is 0.713. The molecular formula is C11H8F3NOS. The molecule has 0 aliphatic carbocycles. The van der Waals surface area contributed by atoms with Crippen molar-refractivity contribution in [3.8, 4) is 0 Å². The second kappa shape index (κ2) is 3.19. The summed E-state index contributed by atoms with van der Waals surface area (Å²) in [5, 5.41) is 0. The SMILES string of the molecule is O=C1CCC2(C(F)(F)F)Sc3ccccc3N12. The van der Waals surface area contributed by atoms with E-state index < -0.39 is 17.0 Å². The number of nitrogens with zero attached hydrogens (tertiary/aromatic N) is 1. The first-order valence-corrected chi connectivity index (χ1v) is 5.95. The van der Waals surface area contributed by atoms with Crippen molar-refractivity contribution < 1.29 is 18.0 Å². The zero-order valence-electron chi connectivity index (χ0n) is 8.62. The number of rotatable bonds is 0. The van der Waals surface area contributed by atoms with Crippen LogP contribution in [0, 0.1) is 0 Å². The summed E-state index contributed by atoms with van der Waals surface area (Å²) < 4.78 is 39.7. The van der Waals surface area contributed by atoms with E-state index in [1.807, 2.05) is 0 Å². The zero-order valence-corrected chi connectivity index (χ0v) is 9.44. The second-order valence-electron chi connectivity index (χ2n) is 4.08. The minimum atomic E-state index is -4.41. The lowest BCUT2D eigenvalue weighted by Crippen LogP contribution is -2.51. The molecule has 1 aromatic rings. The largest absolute Gasteiger partial charge is 0.421 e. The van der Waals surface area contributed by atoms with Crippen LogP contribution in [0.3, 0.4) is 0 Å². The smallest absolute Gasteiger partial charge is 0.287 e. The van der Waals surface area contributed by atoms with Gasteiger partial charge in [-0.25, -0.2) is 0 Å². The first-order valence-electron chi connectivity index (χ1n) is 5.13. The van der Waals surface area contributed by atoms with E-state index >= 15 is 0 Å². The van der Waals surface area contributed by atoms with Crippen molar-refractivity contribution in [2.24, 2.45) is 0 Å². The zero-order chi connectivity index (χ0) is 12.3. The number of benzene rings is 1. The molecule has 3 rings (SSSR count). The van der Waals surface area contributed by atoms with Crippen LogP contribution in [0.5, 0.6) is 0 Å². The van der Waals surface area contributed by atoms with Gasteiger partial charge in [0.15, 0.2) is 4.87 Å². The Labute approximate surface area is 99.8 Å². The maximum Gasteiger partial charge on any atom is 0.421 e. The van der Waals surface area contributed by atoms with Crippen LogP contribution in [0.1, 0.15) is 12.8 Å². The van der Waals surface area contributed by atoms with E-state index in [0.29, 0.717) is 10.6 Å².